The van der Waals surface area contributed by atoms with Crippen molar-refractivity contribution in [2.75, 3.05) is 6.61 Å². The van der Waals surface area contributed by atoms with Gasteiger partial charge in [0.25, 0.3) is 0 Å². The molecule has 0 unspecified atom stereocenters. The van der Waals surface area contributed by atoms with Crippen LogP contribution in [-0.2, 0) is 14.3 Å². The maximum atomic E-state index is 12.9. The summed E-state index contributed by atoms with van der Waals surface area (Å²) in [5.74, 6) is 1.36. The molecule has 8 heteroatoms. The summed E-state index contributed by atoms with van der Waals surface area (Å²) in [7, 11) is 0. The molecule has 0 aliphatic carbocycles. The first-order valence-corrected chi connectivity index (χ1v) is 8.34. The van der Waals surface area contributed by atoms with Crippen molar-refractivity contribution in [1.29, 1.82) is 0 Å². The number of benzene rings is 1. The van der Waals surface area contributed by atoms with E-state index in [0.717, 1.165) is 0 Å². The second-order valence-corrected chi connectivity index (χ2v) is 5.70. The van der Waals surface area contributed by atoms with Crippen LogP contribution in [0.3, 0.4) is 0 Å². The van der Waals surface area contributed by atoms with Gasteiger partial charge in [0.05, 0.1) is 18.3 Å². The summed E-state index contributed by atoms with van der Waals surface area (Å²) in [6, 6.07) is 8.36. The first kappa shape index (κ1) is 22.5. The van der Waals surface area contributed by atoms with Gasteiger partial charge in [0, 0.05) is 6.42 Å². The molecule has 0 saturated heterocycles. The minimum Gasteiger partial charge on any atom is -0.463 e. The lowest BCUT2D eigenvalue weighted by Crippen LogP contribution is -2.52. The van der Waals surface area contributed by atoms with Crippen LogP contribution in [0, 0.1) is 11.8 Å². The monoisotopic (exact) mass is 386 g/mol. The van der Waals surface area contributed by atoms with Gasteiger partial charge in [-0.3, -0.25) is 0 Å². The van der Waals surface area contributed by atoms with E-state index in [4.69, 9.17) is 4.74 Å². The van der Waals surface area contributed by atoms with Gasteiger partial charge in [0.1, 0.15) is 0 Å². The Morgan fingerprint density at radius 3 is 2.41 bits per heavy atom. The summed E-state index contributed by atoms with van der Waals surface area (Å²) in [6.45, 7) is 2.66. The molecule has 0 fully saturated rings. The predicted octanol–water partition coefficient (Wildman–Crippen LogP) is 3.26. The maximum Gasteiger partial charge on any atom is 0.440 e. The van der Waals surface area contributed by atoms with Gasteiger partial charge in [0.2, 0.25) is 0 Å². The van der Waals surface area contributed by atoms with Crippen LogP contribution < -0.4 is 0 Å². The van der Waals surface area contributed by atoms with Crippen molar-refractivity contribution in [3.63, 3.8) is 0 Å². The van der Waals surface area contributed by atoms with Crippen LogP contribution in [0.5, 0.6) is 0 Å². The van der Waals surface area contributed by atoms with E-state index < -0.39 is 29.8 Å². The average Bonchev–Trinajstić information content (AvgIpc) is 2.61. The maximum absolute atomic E-state index is 12.9. The number of alkyl halides is 3. The highest BCUT2D eigenvalue weighted by Crippen LogP contribution is 2.31. The first-order chi connectivity index (χ1) is 12.6. The Bertz CT molecular complexity index is 691. The molecule has 0 aliphatic rings. The number of halogens is 3. The van der Waals surface area contributed by atoms with Crippen LogP contribution >= 0.6 is 0 Å². The van der Waals surface area contributed by atoms with E-state index in [-0.39, 0.29) is 13.0 Å². The molecule has 0 bridgehead atoms. The molecule has 148 valence electrons. The van der Waals surface area contributed by atoms with Gasteiger partial charge >= 0.3 is 23.7 Å². The minimum atomic E-state index is -5.27. The molecule has 0 saturated carbocycles. The van der Waals surface area contributed by atoms with Crippen LogP contribution in [-0.4, -0.2) is 41.5 Å². The Hall–Kier alpha value is -2.53. The van der Waals surface area contributed by atoms with Crippen LogP contribution in [0.1, 0.15) is 43.5 Å². The van der Waals surface area contributed by atoms with Gasteiger partial charge in [-0.05, 0) is 44.7 Å². The summed E-state index contributed by atoms with van der Waals surface area (Å²) >= 11 is 0. The highest BCUT2D eigenvalue weighted by molar-refractivity contribution is 5.89. The van der Waals surface area contributed by atoms with Gasteiger partial charge in [-0.2, -0.15) is 13.2 Å². The fourth-order valence-electron chi connectivity index (χ4n) is 2.03. The molecular formula is C19H21F3O5. The van der Waals surface area contributed by atoms with Gasteiger partial charge in [-0.25, -0.2) is 9.59 Å². The Morgan fingerprint density at radius 1 is 1.22 bits per heavy atom. The molecule has 0 radical (unpaired) electrons. The third-order valence-corrected chi connectivity index (χ3v) is 3.48. The van der Waals surface area contributed by atoms with Crippen LogP contribution in [0.4, 0.5) is 13.2 Å². The Kier molecular flexibility index (Phi) is 8.32. The molecule has 1 aromatic carbocycles. The summed E-state index contributed by atoms with van der Waals surface area (Å²) < 4.78 is 48.2. The van der Waals surface area contributed by atoms with E-state index in [1.807, 2.05) is 0 Å². The molecular weight excluding hydrogens is 365 g/mol. The van der Waals surface area contributed by atoms with Gasteiger partial charge in [-0.15, -0.1) is 0 Å². The smallest absolute Gasteiger partial charge is 0.440 e. The molecule has 0 heterocycles. The standard InChI is InChI=1S/C19H21F3O5/c1-3-26-17(24)18(25,19(20,21)22)13-9-5-6-10-14(2)27-16(23)15-11-7-4-8-12-15/h4,7-8,11-12,14,25H,3,5-6,10H2,1-2H3/t14-,18-/m1/s1. The summed E-state index contributed by atoms with van der Waals surface area (Å²) in [6.07, 6.45) is -5.09. The fraction of sp³-hybridized carbons (Fsp3) is 0.474. The molecule has 5 nitrogen and oxygen atoms in total. The number of hydrogen-bond donors (Lipinski definition) is 1. The molecule has 0 amide bonds. The molecule has 1 aromatic rings. The normalized spacial score (nSPS) is 14.3. The molecule has 1 rings (SSSR count). The molecule has 0 aliphatic heterocycles. The SMILES string of the molecule is CCOC(=O)[C@](O)(C#CCCC[C@@H](C)OC(=O)c1ccccc1)C(F)(F)F. The number of carbonyl (C=O) groups excluding carboxylic acids is 2. The van der Waals surface area contributed by atoms with Crippen molar-refractivity contribution in [2.45, 2.75) is 51.0 Å². The van der Waals surface area contributed by atoms with Crippen molar-refractivity contribution in [2.24, 2.45) is 0 Å². The summed E-state index contributed by atoms with van der Waals surface area (Å²) in [5, 5.41) is 9.56. The molecule has 1 N–H and O–H groups in total. The lowest BCUT2D eigenvalue weighted by atomic mass is 10.0. The number of aliphatic hydroxyl groups is 1. The van der Waals surface area contributed by atoms with E-state index in [1.54, 1.807) is 43.2 Å². The van der Waals surface area contributed by atoms with E-state index in [0.29, 0.717) is 18.4 Å². The largest absolute Gasteiger partial charge is 0.463 e. The zero-order valence-electron chi connectivity index (χ0n) is 15.0. The number of carbonyl (C=O) groups is 2. The molecule has 2 atom stereocenters. The number of esters is 2. The zero-order chi connectivity index (χ0) is 20.5. The third kappa shape index (κ3) is 6.61. The predicted molar refractivity (Wildman–Crippen MR) is 90.6 cm³/mol. The van der Waals surface area contributed by atoms with E-state index in [2.05, 4.69) is 10.7 Å². The van der Waals surface area contributed by atoms with Crippen molar-refractivity contribution < 1.29 is 37.3 Å². The highest BCUT2D eigenvalue weighted by Gasteiger charge is 2.60. The van der Waals surface area contributed by atoms with Crippen LogP contribution in [0.25, 0.3) is 0 Å². The van der Waals surface area contributed by atoms with Gasteiger partial charge < -0.3 is 14.6 Å². The topological polar surface area (TPSA) is 72.8 Å². The van der Waals surface area contributed by atoms with Gasteiger partial charge in [-0.1, -0.05) is 24.1 Å². The molecule has 27 heavy (non-hydrogen) atoms. The number of rotatable bonds is 7. The number of unbranched alkanes of at least 4 members (excludes halogenated alkanes) is 1. The first-order valence-electron chi connectivity index (χ1n) is 8.34. The minimum absolute atomic E-state index is 0.0228. The van der Waals surface area contributed by atoms with Crippen LogP contribution in [0.2, 0.25) is 0 Å². The fourth-order valence-corrected chi connectivity index (χ4v) is 2.03. The average molecular weight is 386 g/mol. The zero-order valence-corrected chi connectivity index (χ0v) is 15.0. The van der Waals surface area contributed by atoms with Crippen molar-refractivity contribution in [1.82, 2.24) is 0 Å². The second-order valence-electron chi connectivity index (χ2n) is 5.70. The number of hydrogen-bond acceptors (Lipinski definition) is 5. The Morgan fingerprint density at radius 2 is 1.85 bits per heavy atom. The van der Waals surface area contributed by atoms with Crippen molar-refractivity contribution in [3.8, 4) is 11.8 Å². The van der Waals surface area contributed by atoms with E-state index in [9.17, 15) is 27.9 Å². The van der Waals surface area contributed by atoms with E-state index >= 15 is 0 Å². The van der Waals surface area contributed by atoms with Crippen molar-refractivity contribution >= 4 is 11.9 Å². The van der Waals surface area contributed by atoms with E-state index in [1.165, 1.54) is 6.92 Å². The van der Waals surface area contributed by atoms with Gasteiger partial charge in [0.15, 0.2) is 0 Å². The summed E-state index contributed by atoms with van der Waals surface area (Å²) in [4.78, 5) is 23.3. The number of ether oxygens (including phenoxy) is 2. The van der Waals surface area contributed by atoms with Crippen molar-refractivity contribution in [3.05, 3.63) is 35.9 Å². The lowest BCUT2D eigenvalue weighted by molar-refractivity contribution is -0.242. The lowest BCUT2D eigenvalue weighted by Gasteiger charge is -2.22. The van der Waals surface area contributed by atoms with Crippen LogP contribution in [0.15, 0.2) is 30.3 Å². The quantitative estimate of drug-likeness (QED) is 0.442. The Labute approximate surface area is 155 Å². The summed E-state index contributed by atoms with van der Waals surface area (Å²) in [5.41, 5.74) is -3.46. The molecule has 0 aromatic heterocycles. The second kappa shape index (κ2) is 9.97. The third-order valence-electron chi connectivity index (χ3n) is 3.48. The highest BCUT2D eigenvalue weighted by atomic mass is 19.4. The Balaban J connectivity index is 2.54. The molecule has 0 spiro atoms.